The summed E-state index contributed by atoms with van der Waals surface area (Å²) in [6.45, 7) is 2.36. The van der Waals surface area contributed by atoms with Gasteiger partial charge in [-0.2, -0.15) is 9.29 Å². The Kier molecular flexibility index (Phi) is 3.75. The van der Waals surface area contributed by atoms with E-state index in [0.29, 0.717) is 30.7 Å². The summed E-state index contributed by atoms with van der Waals surface area (Å²) in [6.07, 6.45) is 0. The molecule has 1 aromatic carbocycles. The highest BCUT2D eigenvalue weighted by Crippen LogP contribution is 2.37. The number of aromatic nitrogens is 2. The van der Waals surface area contributed by atoms with Crippen molar-refractivity contribution in [3.8, 4) is 11.5 Å². The van der Waals surface area contributed by atoms with Gasteiger partial charge in [0.25, 0.3) is 0 Å². The summed E-state index contributed by atoms with van der Waals surface area (Å²) in [7, 11) is -2.31. The van der Waals surface area contributed by atoms with E-state index in [9.17, 15) is 8.42 Å². The lowest BCUT2D eigenvalue weighted by Gasteiger charge is -2.23. The van der Waals surface area contributed by atoms with E-state index in [1.165, 1.54) is 13.1 Å². The maximum Gasteiger partial charge on any atom is 0.247 e. The maximum absolute atomic E-state index is 12.7. The van der Waals surface area contributed by atoms with Crippen LogP contribution in [0.4, 0.5) is 0 Å². The van der Waals surface area contributed by atoms with Crippen LogP contribution in [0.3, 0.4) is 0 Å². The van der Waals surface area contributed by atoms with E-state index in [4.69, 9.17) is 14.0 Å². The Morgan fingerprint density at radius 1 is 1.27 bits per heavy atom. The molecule has 0 aliphatic carbocycles. The fourth-order valence-electron chi connectivity index (χ4n) is 2.11. The zero-order valence-electron chi connectivity index (χ0n) is 12.1. The van der Waals surface area contributed by atoms with E-state index in [-0.39, 0.29) is 17.2 Å². The van der Waals surface area contributed by atoms with E-state index in [1.807, 2.05) is 0 Å². The van der Waals surface area contributed by atoms with Crippen molar-refractivity contribution in [1.29, 1.82) is 0 Å². The Hall–Kier alpha value is -2.13. The molecule has 2 heterocycles. The highest BCUT2D eigenvalue weighted by molar-refractivity contribution is 7.89. The summed E-state index contributed by atoms with van der Waals surface area (Å²) < 4.78 is 42.3. The number of hydrogen-bond donors (Lipinski definition) is 0. The maximum atomic E-state index is 12.7. The van der Waals surface area contributed by atoms with Gasteiger partial charge in [0.15, 0.2) is 17.3 Å². The lowest BCUT2D eigenvalue weighted by atomic mass is 10.3. The summed E-state index contributed by atoms with van der Waals surface area (Å²) in [5.74, 6) is 1.35. The quantitative estimate of drug-likeness (QED) is 0.826. The van der Waals surface area contributed by atoms with E-state index in [1.54, 1.807) is 19.1 Å². The van der Waals surface area contributed by atoms with Crippen LogP contribution in [0.25, 0.3) is 0 Å². The second-order valence-corrected chi connectivity index (χ2v) is 6.78. The molecule has 0 radical (unpaired) electrons. The molecule has 8 nitrogen and oxygen atoms in total. The number of fused-ring (bicyclic) bond motifs is 1. The van der Waals surface area contributed by atoms with Gasteiger partial charge in [0, 0.05) is 14.0 Å². The molecule has 1 aliphatic rings. The summed E-state index contributed by atoms with van der Waals surface area (Å²) >= 11 is 0. The van der Waals surface area contributed by atoms with Crippen molar-refractivity contribution in [2.75, 3.05) is 20.3 Å². The Labute approximate surface area is 127 Å². The monoisotopic (exact) mass is 325 g/mol. The normalized spacial score (nSPS) is 14.3. The summed E-state index contributed by atoms with van der Waals surface area (Å²) in [6, 6.07) is 4.78. The van der Waals surface area contributed by atoms with Crippen LogP contribution in [0.5, 0.6) is 11.5 Å². The fraction of sp³-hybridized carbons (Fsp3) is 0.385. The minimum absolute atomic E-state index is 0.00416. The Bertz CT molecular complexity index is 787. The van der Waals surface area contributed by atoms with Crippen molar-refractivity contribution >= 4 is 10.0 Å². The lowest BCUT2D eigenvalue weighted by Crippen LogP contribution is -2.28. The number of nitrogens with zero attached hydrogens (tertiary/aromatic N) is 3. The number of sulfonamides is 1. The van der Waals surface area contributed by atoms with Gasteiger partial charge in [0.05, 0.1) is 6.54 Å². The summed E-state index contributed by atoms with van der Waals surface area (Å²) in [5, 5.41) is 3.70. The van der Waals surface area contributed by atoms with Crippen molar-refractivity contribution < 1.29 is 22.4 Å². The molecule has 0 unspecified atom stereocenters. The molecule has 9 heteroatoms. The largest absolute Gasteiger partial charge is 0.486 e. The van der Waals surface area contributed by atoms with Crippen LogP contribution in [-0.2, 0) is 16.6 Å². The van der Waals surface area contributed by atoms with Gasteiger partial charge in [-0.1, -0.05) is 11.2 Å². The molecule has 0 amide bonds. The third-order valence-corrected chi connectivity index (χ3v) is 4.98. The number of aryl methyl sites for hydroxylation is 1. The van der Waals surface area contributed by atoms with Gasteiger partial charge in [-0.05, 0) is 12.1 Å². The first-order valence-corrected chi connectivity index (χ1v) is 8.06. The molecule has 2 aromatic rings. The van der Waals surface area contributed by atoms with Crippen molar-refractivity contribution in [3.63, 3.8) is 0 Å². The molecule has 0 fully saturated rings. The van der Waals surface area contributed by atoms with Gasteiger partial charge in [0.2, 0.25) is 15.9 Å². The molecule has 0 atom stereocenters. The molecular weight excluding hydrogens is 310 g/mol. The van der Waals surface area contributed by atoms with Crippen molar-refractivity contribution in [2.45, 2.75) is 18.4 Å². The minimum atomic E-state index is -3.76. The zero-order chi connectivity index (χ0) is 15.7. The van der Waals surface area contributed by atoms with Gasteiger partial charge < -0.3 is 14.0 Å². The Morgan fingerprint density at radius 3 is 2.77 bits per heavy atom. The average molecular weight is 325 g/mol. The zero-order valence-corrected chi connectivity index (χ0v) is 13.0. The van der Waals surface area contributed by atoms with Gasteiger partial charge in [-0.25, -0.2) is 8.42 Å². The van der Waals surface area contributed by atoms with E-state index in [0.717, 1.165) is 4.31 Å². The summed E-state index contributed by atoms with van der Waals surface area (Å²) in [5.41, 5.74) is 0. The van der Waals surface area contributed by atoms with E-state index < -0.39 is 10.0 Å². The van der Waals surface area contributed by atoms with Crippen molar-refractivity contribution in [3.05, 3.63) is 29.9 Å². The molecular formula is C13H15N3O5S. The lowest BCUT2D eigenvalue weighted by molar-refractivity contribution is 0.166. The van der Waals surface area contributed by atoms with Gasteiger partial charge in [-0.15, -0.1) is 0 Å². The number of para-hydroxylation sites is 1. The standard InChI is InChI=1S/C13H15N3O5S/c1-9-14-12(15-21-9)8-16(2)22(17,18)11-5-3-4-10-13(11)20-7-6-19-10/h3-5H,6-8H2,1-2H3. The molecule has 3 rings (SSSR count). The van der Waals surface area contributed by atoms with Crippen LogP contribution < -0.4 is 9.47 Å². The fourth-order valence-corrected chi connectivity index (χ4v) is 3.37. The SMILES string of the molecule is Cc1nc(CN(C)S(=O)(=O)c2cccc3c2OCCO3)no1. The van der Waals surface area contributed by atoms with Gasteiger partial charge in [-0.3, -0.25) is 0 Å². The molecule has 22 heavy (non-hydrogen) atoms. The molecule has 0 N–H and O–H groups in total. The topological polar surface area (TPSA) is 94.8 Å². The highest BCUT2D eigenvalue weighted by Gasteiger charge is 2.29. The van der Waals surface area contributed by atoms with Crippen LogP contribution in [0.2, 0.25) is 0 Å². The van der Waals surface area contributed by atoms with Crippen LogP contribution in [0.15, 0.2) is 27.6 Å². The van der Waals surface area contributed by atoms with Crippen LogP contribution in [0, 0.1) is 6.92 Å². The first kappa shape index (κ1) is 14.8. The molecule has 1 aliphatic heterocycles. The molecule has 0 spiro atoms. The van der Waals surface area contributed by atoms with Crippen LogP contribution in [-0.4, -0.2) is 43.1 Å². The van der Waals surface area contributed by atoms with Crippen LogP contribution in [0.1, 0.15) is 11.7 Å². The Balaban J connectivity index is 1.92. The van der Waals surface area contributed by atoms with Crippen molar-refractivity contribution in [2.24, 2.45) is 0 Å². The van der Waals surface area contributed by atoms with Crippen LogP contribution >= 0.6 is 0 Å². The second kappa shape index (κ2) is 5.58. The molecule has 118 valence electrons. The number of rotatable bonds is 4. The summed E-state index contributed by atoms with van der Waals surface area (Å²) in [4.78, 5) is 4.07. The van der Waals surface area contributed by atoms with E-state index in [2.05, 4.69) is 10.1 Å². The average Bonchev–Trinajstić information content (AvgIpc) is 2.91. The molecule has 0 saturated carbocycles. The number of ether oxygens (including phenoxy) is 2. The number of benzene rings is 1. The molecule has 0 saturated heterocycles. The number of hydrogen-bond acceptors (Lipinski definition) is 7. The van der Waals surface area contributed by atoms with Crippen molar-refractivity contribution in [1.82, 2.24) is 14.4 Å². The second-order valence-electron chi connectivity index (χ2n) is 4.77. The highest BCUT2D eigenvalue weighted by atomic mass is 32.2. The van der Waals surface area contributed by atoms with E-state index >= 15 is 0 Å². The third kappa shape index (κ3) is 2.64. The van der Waals surface area contributed by atoms with Gasteiger partial charge in [0.1, 0.15) is 18.1 Å². The minimum Gasteiger partial charge on any atom is -0.486 e. The molecule has 1 aromatic heterocycles. The third-order valence-electron chi connectivity index (χ3n) is 3.15. The first-order chi connectivity index (χ1) is 10.5. The first-order valence-electron chi connectivity index (χ1n) is 6.62. The predicted octanol–water partition coefficient (Wildman–Crippen LogP) is 0.970. The molecule has 0 bridgehead atoms. The Morgan fingerprint density at radius 2 is 2.05 bits per heavy atom. The van der Waals surface area contributed by atoms with Gasteiger partial charge >= 0.3 is 0 Å². The smallest absolute Gasteiger partial charge is 0.247 e. The predicted molar refractivity (Wildman–Crippen MR) is 75.1 cm³/mol.